The number of alkyl halides is 3. The van der Waals surface area contributed by atoms with Crippen LogP contribution in [0, 0.1) is 12.7 Å². The number of ether oxygens (including phenoxy) is 1. The SMILES string of the molecule is Cc1nccn1-c1ccc(CNC(=O)c2cnc(OCC(F)(F)F)c(Cl)c2)cc1F. The van der Waals surface area contributed by atoms with Gasteiger partial charge in [-0.2, -0.15) is 13.2 Å². The van der Waals surface area contributed by atoms with Crippen LogP contribution in [0.3, 0.4) is 0 Å². The van der Waals surface area contributed by atoms with E-state index in [1.807, 2.05) is 0 Å². The number of carbonyl (C=O) groups excluding carboxylic acids is 1. The zero-order valence-corrected chi connectivity index (χ0v) is 16.3. The molecule has 0 saturated heterocycles. The smallest absolute Gasteiger partial charge is 0.422 e. The molecule has 30 heavy (non-hydrogen) atoms. The first-order valence-corrected chi connectivity index (χ1v) is 8.94. The normalized spacial score (nSPS) is 11.4. The fourth-order valence-corrected chi connectivity index (χ4v) is 2.80. The molecule has 0 aliphatic carbocycles. The molecule has 0 radical (unpaired) electrons. The second kappa shape index (κ2) is 8.70. The molecule has 0 unspecified atom stereocenters. The maximum atomic E-state index is 14.4. The zero-order valence-electron chi connectivity index (χ0n) is 15.5. The molecule has 0 fully saturated rings. The van der Waals surface area contributed by atoms with Gasteiger partial charge in [-0.15, -0.1) is 0 Å². The summed E-state index contributed by atoms with van der Waals surface area (Å²) in [7, 11) is 0. The van der Waals surface area contributed by atoms with E-state index in [1.165, 1.54) is 6.07 Å². The monoisotopic (exact) mass is 442 g/mol. The van der Waals surface area contributed by atoms with Gasteiger partial charge in [0.15, 0.2) is 6.61 Å². The Hall–Kier alpha value is -3.14. The van der Waals surface area contributed by atoms with Crippen molar-refractivity contribution >= 4 is 17.5 Å². The van der Waals surface area contributed by atoms with Crippen LogP contribution in [-0.2, 0) is 6.54 Å². The Morgan fingerprint density at radius 2 is 2.03 bits per heavy atom. The molecule has 158 valence electrons. The summed E-state index contributed by atoms with van der Waals surface area (Å²) in [5, 5.41) is 2.33. The Morgan fingerprint density at radius 1 is 1.27 bits per heavy atom. The molecule has 1 amide bonds. The van der Waals surface area contributed by atoms with Crippen molar-refractivity contribution in [3.8, 4) is 11.6 Å². The lowest BCUT2D eigenvalue weighted by Gasteiger charge is -2.11. The van der Waals surface area contributed by atoms with Crippen LogP contribution >= 0.6 is 11.6 Å². The molecule has 1 aromatic carbocycles. The molecule has 6 nitrogen and oxygen atoms in total. The van der Waals surface area contributed by atoms with Gasteiger partial charge in [-0.05, 0) is 30.7 Å². The fourth-order valence-electron chi connectivity index (χ4n) is 2.58. The summed E-state index contributed by atoms with van der Waals surface area (Å²) >= 11 is 5.83. The third kappa shape index (κ3) is 5.26. The van der Waals surface area contributed by atoms with Crippen molar-refractivity contribution in [3.63, 3.8) is 0 Å². The zero-order chi connectivity index (χ0) is 21.9. The van der Waals surface area contributed by atoms with Gasteiger partial charge in [-0.3, -0.25) is 4.79 Å². The molecule has 2 aromatic heterocycles. The van der Waals surface area contributed by atoms with E-state index in [1.54, 1.807) is 36.0 Å². The minimum Gasteiger partial charge on any atom is -0.467 e. The van der Waals surface area contributed by atoms with Crippen LogP contribution in [0.2, 0.25) is 5.02 Å². The van der Waals surface area contributed by atoms with E-state index < -0.39 is 30.4 Å². The molecule has 0 spiro atoms. The van der Waals surface area contributed by atoms with Gasteiger partial charge in [-0.25, -0.2) is 14.4 Å². The lowest BCUT2D eigenvalue weighted by atomic mass is 10.2. The van der Waals surface area contributed by atoms with Crippen LogP contribution in [0.5, 0.6) is 5.88 Å². The minimum absolute atomic E-state index is 0.0168. The number of nitrogens with one attached hydrogen (secondary N) is 1. The first-order valence-electron chi connectivity index (χ1n) is 8.56. The highest BCUT2D eigenvalue weighted by atomic mass is 35.5. The molecule has 0 bridgehead atoms. The fraction of sp³-hybridized carbons (Fsp3) is 0.211. The van der Waals surface area contributed by atoms with Crippen molar-refractivity contribution < 1.29 is 27.1 Å². The number of nitrogens with zero attached hydrogens (tertiary/aromatic N) is 3. The summed E-state index contributed by atoms with van der Waals surface area (Å²) in [6.07, 6.45) is -0.309. The van der Waals surface area contributed by atoms with Crippen LogP contribution in [0.1, 0.15) is 21.7 Å². The molecule has 1 N–H and O–H groups in total. The maximum absolute atomic E-state index is 14.4. The second-order valence-electron chi connectivity index (χ2n) is 6.23. The lowest BCUT2D eigenvalue weighted by Crippen LogP contribution is -2.23. The lowest BCUT2D eigenvalue weighted by molar-refractivity contribution is -0.154. The number of halogens is 5. The highest BCUT2D eigenvalue weighted by molar-refractivity contribution is 6.32. The van der Waals surface area contributed by atoms with Gasteiger partial charge >= 0.3 is 6.18 Å². The molecule has 0 aliphatic heterocycles. The number of aromatic nitrogens is 3. The van der Waals surface area contributed by atoms with E-state index in [2.05, 4.69) is 20.0 Å². The van der Waals surface area contributed by atoms with Crippen LogP contribution < -0.4 is 10.1 Å². The van der Waals surface area contributed by atoms with Crippen molar-refractivity contribution in [1.82, 2.24) is 19.9 Å². The van der Waals surface area contributed by atoms with Crippen LogP contribution in [0.15, 0.2) is 42.9 Å². The van der Waals surface area contributed by atoms with E-state index in [-0.39, 0.29) is 17.1 Å². The molecule has 0 atom stereocenters. The van der Waals surface area contributed by atoms with Crippen molar-refractivity contribution in [1.29, 1.82) is 0 Å². The Kier molecular flexibility index (Phi) is 6.25. The number of aryl methyl sites for hydroxylation is 1. The molecule has 2 heterocycles. The van der Waals surface area contributed by atoms with Crippen molar-refractivity contribution in [2.24, 2.45) is 0 Å². The van der Waals surface area contributed by atoms with Gasteiger partial charge in [-0.1, -0.05) is 17.7 Å². The van der Waals surface area contributed by atoms with Crippen molar-refractivity contribution in [2.45, 2.75) is 19.6 Å². The predicted molar refractivity (Wildman–Crippen MR) is 100 cm³/mol. The number of hydrogen-bond acceptors (Lipinski definition) is 4. The van der Waals surface area contributed by atoms with Crippen LogP contribution in [0.25, 0.3) is 5.69 Å². The standard InChI is InChI=1S/C19H15ClF4N4O2/c1-11-25-4-5-28(11)16-3-2-12(6-15(16)21)8-26-17(29)13-7-14(20)18(27-9-13)30-10-19(22,23)24/h2-7,9H,8,10H2,1H3,(H,26,29). The van der Waals surface area contributed by atoms with E-state index in [9.17, 15) is 22.4 Å². The number of imidazole rings is 1. The number of amides is 1. The molecular formula is C19H15ClF4N4O2. The Balaban J connectivity index is 1.63. The van der Waals surface area contributed by atoms with Gasteiger partial charge in [0.2, 0.25) is 5.88 Å². The quantitative estimate of drug-likeness (QED) is 0.580. The number of hydrogen-bond donors (Lipinski definition) is 1. The molecular weight excluding hydrogens is 428 g/mol. The Morgan fingerprint density at radius 3 is 2.63 bits per heavy atom. The van der Waals surface area contributed by atoms with E-state index in [0.717, 1.165) is 12.3 Å². The van der Waals surface area contributed by atoms with Crippen LogP contribution in [-0.4, -0.2) is 33.2 Å². The minimum atomic E-state index is -4.54. The predicted octanol–water partition coefficient (Wildman–Crippen LogP) is 4.24. The topological polar surface area (TPSA) is 69.0 Å². The average molecular weight is 443 g/mol. The summed E-state index contributed by atoms with van der Waals surface area (Å²) < 4.78 is 57.1. The Bertz CT molecular complexity index is 1070. The summed E-state index contributed by atoms with van der Waals surface area (Å²) in [4.78, 5) is 19.9. The third-order valence-corrected chi connectivity index (χ3v) is 4.26. The van der Waals surface area contributed by atoms with Crippen molar-refractivity contribution in [2.75, 3.05) is 6.61 Å². The largest absolute Gasteiger partial charge is 0.467 e. The number of benzene rings is 1. The molecule has 0 saturated carbocycles. The van der Waals surface area contributed by atoms with Crippen molar-refractivity contribution in [3.05, 3.63) is 70.6 Å². The van der Waals surface area contributed by atoms with Gasteiger partial charge in [0.05, 0.1) is 11.3 Å². The molecule has 3 rings (SSSR count). The van der Waals surface area contributed by atoms with E-state index in [0.29, 0.717) is 17.1 Å². The first-order chi connectivity index (χ1) is 14.1. The summed E-state index contributed by atoms with van der Waals surface area (Å²) in [5.41, 5.74) is 0.850. The Labute approximate surface area is 173 Å². The number of pyridine rings is 1. The van der Waals surface area contributed by atoms with Gasteiger partial charge in [0.25, 0.3) is 5.91 Å². The van der Waals surface area contributed by atoms with Gasteiger partial charge < -0.3 is 14.6 Å². The number of carbonyl (C=O) groups is 1. The second-order valence-corrected chi connectivity index (χ2v) is 6.63. The molecule has 3 aromatic rings. The van der Waals surface area contributed by atoms with E-state index >= 15 is 0 Å². The highest BCUT2D eigenvalue weighted by Gasteiger charge is 2.29. The average Bonchev–Trinajstić information content (AvgIpc) is 3.10. The van der Waals surface area contributed by atoms with E-state index in [4.69, 9.17) is 11.6 Å². The summed E-state index contributed by atoms with van der Waals surface area (Å²) in [6.45, 7) is 0.209. The molecule has 11 heteroatoms. The summed E-state index contributed by atoms with van der Waals surface area (Å²) in [5.74, 6) is -0.875. The number of rotatable bonds is 6. The van der Waals surface area contributed by atoms with Gasteiger partial charge in [0.1, 0.15) is 16.7 Å². The first kappa shape index (κ1) is 21.6. The maximum Gasteiger partial charge on any atom is 0.422 e. The van der Waals surface area contributed by atoms with Crippen LogP contribution in [0.4, 0.5) is 17.6 Å². The molecule has 0 aliphatic rings. The van der Waals surface area contributed by atoms with Gasteiger partial charge in [0, 0.05) is 25.1 Å². The third-order valence-electron chi connectivity index (χ3n) is 3.99. The highest BCUT2D eigenvalue weighted by Crippen LogP contribution is 2.25. The summed E-state index contributed by atoms with van der Waals surface area (Å²) in [6, 6.07) is 5.64.